The van der Waals surface area contributed by atoms with Gasteiger partial charge in [0.2, 0.25) is 0 Å². The van der Waals surface area contributed by atoms with E-state index in [1.807, 2.05) is 7.05 Å². The van der Waals surface area contributed by atoms with Crippen molar-refractivity contribution in [1.29, 1.82) is 0 Å². The Bertz CT molecular complexity index is 416. The predicted octanol–water partition coefficient (Wildman–Crippen LogP) is 1.52. The number of nitrogens with two attached hydrogens (primary N) is 1. The Kier molecular flexibility index (Phi) is 4.55. The van der Waals surface area contributed by atoms with E-state index in [-0.39, 0.29) is 11.6 Å². The third-order valence-electron chi connectivity index (χ3n) is 3.32. The third kappa shape index (κ3) is 2.66. The van der Waals surface area contributed by atoms with Gasteiger partial charge in [0.15, 0.2) is 11.6 Å². The highest BCUT2D eigenvalue weighted by Gasteiger charge is 2.30. The summed E-state index contributed by atoms with van der Waals surface area (Å²) in [6.07, 6.45) is 0. The summed E-state index contributed by atoms with van der Waals surface area (Å²) >= 11 is 1.80. The number of likely N-dealkylation sites (N-methyl/N-ethyl adjacent to an activating group) is 1. The van der Waals surface area contributed by atoms with E-state index in [1.54, 1.807) is 17.8 Å². The van der Waals surface area contributed by atoms with Gasteiger partial charge in [-0.2, -0.15) is 11.8 Å². The van der Waals surface area contributed by atoms with E-state index >= 15 is 0 Å². The van der Waals surface area contributed by atoms with Gasteiger partial charge in [0, 0.05) is 29.7 Å². The van der Waals surface area contributed by atoms with Gasteiger partial charge in [-0.15, -0.1) is 0 Å². The molecule has 3 N–H and O–H groups in total. The number of thioether (sulfide) groups is 1. The van der Waals surface area contributed by atoms with Crippen molar-refractivity contribution >= 4 is 11.8 Å². The molecule has 2 unspecified atom stereocenters. The molecule has 1 aromatic rings. The molecular weight excluding hydrogens is 256 g/mol. The molecule has 18 heavy (non-hydrogen) atoms. The second-order valence-electron chi connectivity index (χ2n) is 4.41. The van der Waals surface area contributed by atoms with E-state index in [9.17, 15) is 8.78 Å². The highest BCUT2D eigenvalue weighted by molar-refractivity contribution is 7.99. The van der Waals surface area contributed by atoms with Crippen molar-refractivity contribution in [3.8, 4) is 0 Å². The fourth-order valence-electron chi connectivity index (χ4n) is 2.23. The average molecular weight is 273 g/mol. The molecule has 6 heteroatoms. The molecule has 2 atom stereocenters. The van der Waals surface area contributed by atoms with E-state index < -0.39 is 17.7 Å². The Morgan fingerprint density at radius 2 is 2.28 bits per heavy atom. The maximum absolute atomic E-state index is 13.8. The SMILES string of the molecule is CN1CCSCC1C(NN)c1cccc(F)c1F. The van der Waals surface area contributed by atoms with Gasteiger partial charge >= 0.3 is 0 Å². The zero-order valence-electron chi connectivity index (χ0n) is 10.2. The molecule has 3 nitrogen and oxygen atoms in total. The Morgan fingerprint density at radius 3 is 2.94 bits per heavy atom. The number of nitrogens with one attached hydrogen (secondary N) is 1. The summed E-state index contributed by atoms with van der Waals surface area (Å²) < 4.78 is 27.1. The van der Waals surface area contributed by atoms with Gasteiger partial charge in [-0.25, -0.2) is 8.78 Å². The molecule has 2 rings (SSSR count). The zero-order chi connectivity index (χ0) is 13.1. The summed E-state index contributed by atoms with van der Waals surface area (Å²) in [5.41, 5.74) is 2.91. The predicted molar refractivity (Wildman–Crippen MR) is 70.2 cm³/mol. The first-order valence-electron chi connectivity index (χ1n) is 5.83. The van der Waals surface area contributed by atoms with Crippen LogP contribution in [0.3, 0.4) is 0 Å². The van der Waals surface area contributed by atoms with Crippen molar-refractivity contribution in [1.82, 2.24) is 10.3 Å². The molecule has 0 saturated carbocycles. The van der Waals surface area contributed by atoms with Crippen molar-refractivity contribution in [3.05, 3.63) is 35.4 Å². The molecular formula is C12H17F2N3S. The quantitative estimate of drug-likeness (QED) is 0.647. The minimum Gasteiger partial charge on any atom is -0.300 e. The molecule has 0 aromatic heterocycles. The molecule has 0 aliphatic carbocycles. The van der Waals surface area contributed by atoms with Crippen LogP contribution in [0.1, 0.15) is 11.6 Å². The maximum Gasteiger partial charge on any atom is 0.163 e. The monoisotopic (exact) mass is 273 g/mol. The number of hydrogen-bond donors (Lipinski definition) is 2. The number of hydrazine groups is 1. The summed E-state index contributed by atoms with van der Waals surface area (Å²) in [5, 5.41) is 0. The first-order valence-corrected chi connectivity index (χ1v) is 6.98. The highest BCUT2D eigenvalue weighted by Crippen LogP contribution is 2.28. The van der Waals surface area contributed by atoms with Crippen molar-refractivity contribution in [3.63, 3.8) is 0 Å². The van der Waals surface area contributed by atoms with E-state index in [0.717, 1.165) is 24.1 Å². The smallest absolute Gasteiger partial charge is 0.163 e. The molecule has 1 aromatic carbocycles. The standard InChI is InChI=1S/C12H17F2N3S/c1-17-5-6-18-7-10(17)12(16-15)8-3-2-4-9(13)11(8)14/h2-4,10,12,16H,5-7,15H2,1H3. The normalized spacial score (nSPS) is 23.0. The fourth-order valence-corrected chi connectivity index (χ4v) is 3.50. The molecule has 1 aliphatic heterocycles. The molecule has 1 fully saturated rings. The first kappa shape index (κ1) is 13.7. The van der Waals surface area contributed by atoms with Crippen LogP contribution in [0.25, 0.3) is 0 Å². The number of hydrogen-bond acceptors (Lipinski definition) is 4. The van der Waals surface area contributed by atoms with Gasteiger partial charge in [-0.3, -0.25) is 16.2 Å². The number of rotatable bonds is 3. The van der Waals surface area contributed by atoms with Gasteiger partial charge in [0.25, 0.3) is 0 Å². The van der Waals surface area contributed by atoms with Crippen molar-refractivity contribution in [2.24, 2.45) is 5.84 Å². The topological polar surface area (TPSA) is 41.3 Å². The second-order valence-corrected chi connectivity index (χ2v) is 5.56. The second kappa shape index (κ2) is 5.97. The lowest BCUT2D eigenvalue weighted by molar-refractivity contribution is 0.213. The van der Waals surface area contributed by atoms with Gasteiger partial charge < -0.3 is 0 Å². The van der Waals surface area contributed by atoms with Gasteiger partial charge in [-0.05, 0) is 13.1 Å². The van der Waals surface area contributed by atoms with E-state index in [2.05, 4.69) is 10.3 Å². The summed E-state index contributed by atoms with van der Waals surface area (Å²) in [7, 11) is 1.98. The van der Waals surface area contributed by atoms with Crippen molar-refractivity contribution in [2.45, 2.75) is 12.1 Å². The van der Waals surface area contributed by atoms with Crippen molar-refractivity contribution in [2.75, 3.05) is 25.1 Å². The van der Waals surface area contributed by atoms with Crippen LogP contribution in [0.15, 0.2) is 18.2 Å². The van der Waals surface area contributed by atoms with E-state index in [4.69, 9.17) is 5.84 Å². The highest BCUT2D eigenvalue weighted by atomic mass is 32.2. The Balaban J connectivity index is 2.29. The third-order valence-corrected chi connectivity index (χ3v) is 4.37. The molecule has 0 radical (unpaired) electrons. The number of halogens is 2. The minimum absolute atomic E-state index is 0.0602. The Hall–Kier alpha value is -0.690. The summed E-state index contributed by atoms with van der Waals surface area (Å²) in [6, 6.07) is 3.86. The summed E-state index contributed by atoms with van der Waals surface area (Å²) in [5.74, 6) is 5.79. The van der Waals surface area contributed by atoms with Crippen LogP contribution in [0.4, 0.5) is 8.78 Å². The fraction of sp³-hybridized carbons (Fsp3) is 0.500. The van der Waals surface area contributed by atoms with Crippen LogP contribution in [-0.4, -0.2) is 36.0 Å². The van der Waals surface area contributed by atoms with E-state index in [1.165, 1.54) is 6.07 Å². The zero-order valence-corrected chi connectivity index (χ0v) is 11.0. The molecule has 0 bridgehead atoms. The van der Waals surface area contributed by atoms with Crippen LogP contribution in [0, 0.1) is 11.6 Å². The van der Waals surface area contributed by atoms with Crippen LogP contribution >= 0.6 is 11.8 Å². The number of benzene rings is 1. The van der Waals surface area contributed by atoms with Crippen LogP contribution in [0.5, 0.6) is 0 Å². The lowest BCUT2D eigenvalue weighted by Crippen LogP contribution is -2.49. The molecule has 0 spiro atoms. The maximum atomic E-state index is 13.8. The number of nitrogens with zero attached hydrogens (tertiary/aromatic N) is 1. The van der Waals surface area contributed by atoms with Crippen LogP contribution in [0.2, 0.25) is 0 Å². The van der Waals surface area contributed by atoms with Crippen LogP contribution in [-0.2, 0) is 0 Å². The molecule has 1 heterocycles. The lowest BCUT2D eigenvalue weighted by atomic mass is 9.99. The average Bonchev–Trinajstić information content (AvgIpc) is 2.37. The molecule has 1 aliphatic rings. The van der Waals surface area contributed by atoms with Crippen LogP contribution < -0.4 is 11.3 Å². The minimum atomic E-state index is -0.834. The van der Waals surface area contributed by atoms with E-state index in [0.29, 0.717) is 0 Å². The van der Waals surface area contributed by atoms with Gasteiger partial charge in [0.1, 0.15) is 0 Å². The largest absolute Gasteiger partial charge is 0.300 e. The van der Waals surface area contributed by atoms with Crippen molar-refractivity contribution < 1.29 is 8.78 Å². The Morgan fingerprint density at radius 1 is 1.50 bits per heavy atom. The first-order chi connectivity index (χ1) is 8.65. The molecule has 100 valence electrons. The van der Waals surface area contributed by atoms with Gasteiger partial charge in [-0.1, -0.05) is 12.1 Å². The molecule has 0 amide bonds. The lowest BCUT2D eigenvalue weighted by Gasteiger charge is -2.37. The summed E-state index contributed by atoms with van der Waals surface area (Å²) in [6.45, 7) is 0.921. The molecule has 1 saturated heterocycles. The summed E-state index contributed by atoms with van der Waals surface area (Å²) in [4.78, 5) is 2.13. The van der Waals surface area contributed by atoms with Gasteiger partial charge in [0.05, 0.1) is 6.04 Å². The Labute approximate surface area is 110 Å².